The van der Waals surface area contributed by atoms with Crippen LogP contribution in [0.5, 0.6) is 0 Å². The van der Waals surface area contributed by atoms with Crippen molar-refractivity contribution in [2.75, 3.05) is 25.0 Å². The second kappa shape index (κ2) is 9.59. The Bertz CT molecular complexity index is 847. The number of benzene rings is 2. The third-order valence-electron chi connectivity index (χ3n) is 6.63. The van der Waals surface area contributed by atoms with Crippen LogP contribution >= 0.6 is 23.2 Å². The Hall–Kier alpha value is -1.75. The van der Waals surface area contributed by atoms with Crippen LogP contribution in [0.2, 0.25) is 10.0 Å². The molecule has 1 aliphatic carbocycles. The van der Waals surface area contributed by atoms with Gasteiger partial charge in [-0.2, -0.15) is 0 Å². The zero-order valence-corrected chi connectivity index (χ0v) is 18.6. The molecule has 2 aliphatic rings. The summed E-state index contributed by atoms with van der Waals surface area (Å²) >= 11 is 11.9. The van der Waals surface area contributed by atoms with Gasteiger partial charge in [-0.25, -0.2) is 4.79 Å². The summed E-state index contributed by atoms with van der Waals surface area (Å²) in [5, 5.41) is 3.65. The molecule has 4 nitrogen and oxygen atoms in total. The minimum atomic E-state index is -0.477. The molecule has 1 N–H and O–H groups in total. The zero-order valence-electron chi connectivity index (χ0n) is 17.1. The molecule has 1 heterocycles. The molecule has 2 fully saturated rings. The van der Waals surface area contributed by atoms with Crippen LogP contribution in [-0.4, -0.2) is 36.2 Å². The van der Waals surface area contributed by atoms with Gasteiger partial charge in [0.05, 0.1) is 0 Å². The molecule has 1 spiro atoms. The van der Waals surface area contributed by atoms with Crippen LogP contribution in [0.25, 0.3) is 0 Å². The maximum atomic E-state index is 12.1. The van der Waals surface area contributed by atoms with Crippen molar-refractivity contribution in [1.29, 1.82) is 0 Å². The summed E-state index contributed by atoms with van der Waals surface area (Å²) in [4.78, 5) is 14.7. The Morgan fingerprint density at radius 2 is 1.77 bits per heavy atom. The number of carbonyl (C=O) groups is 1. The number of likely N-dealkylation sites (tertiary alicyclic amines) is 1. The van der Waals surface area contributed by atoms with E-state index in [-0.39, 0.29) is 5.54 Å². The molecular weight excluding hydrogens is 419 g/mol. The number of amides is 1. The van der Waals surface area contributed by atoms with Crippen LogP contribution in [0.15, 0.2) is 48.5 Å². The molecule has 160 valence electrons. The summed E-state index contributed by atoms with van der Waals surface area (Å²) in [7, 11) is 0. The number of rotatable bonds is 5. The van der Waals surface area contributed by atoms with Gasteiger partial charge in [0, 0.05) is 27.8 Å². The van der Waals surface area contributed by atoms with Crippen LogP contribution in [0.4, 0.5) is 10.5 Å². The van der Waals surface area contributed by atoms with Gasteiger partial charge in [-0.05, 0) is 74.8 Å². The number of anilines is 1. The molecule has 2 aromatic rings. The standard InChI is InChI=1S/C24H28Cl2N2O2/c25-20-15-21(26)17-22(16-20)27-23(29)30-14-13-28-12-4-9-24(28)10-7-19(8-11-24)18-5-2-1-3-6-18/h1-3,5-6,15-17,19H,4,7-14H2,(H,27,29). The predicted octanol–water partition coefficient (Wildman–Crippen LogP) is 6.73. The third-order valence-corrected chi connectivity index (χ3v) is 7.07. The molecule has 0 radical (unpaired) electrons. The monoisotopic (exact) mass is 446 g/mol. The largest absolute Gasteiger partial charge is 0.448 e. The number of hydrogen-bond acceptors (Lipinski definition) is 3. The molecule has 0 bridgehead atoms. The number of nitrogens with zero attached hydrogens (tertiary/aromatic N) is 1. The molecule has 0 unspecified atom stereocenters. The van der Waals surface area contributed by atoms with Crippen LogP contribution in [-0.2, 0) is 4.74 Å². The molecule has 1 aliphatic heterocycles. The lowest BCUT2D eigenvalue weighted by molar-refractivity contribution is 0.0629. The highest BCUT2D eigenvalue weighted by atomic mass is 35.5. The van der Waals surface area contributed by atoms with E-state index < -0.39 is 6.09 Å². The van der Waals surface area contributed by atoms with Crippen LogP contribution in [0, 0.1) is 0 Å². The van der Waals surface area contributed by atoms with Crippen LogP contribution < -0.4 is 5.32 Å². The van der Waals surface area contributed by atoms with E-state index in [1.165, 1.54) is 44.1 Å². The predicted molar refractivity (Wildman–Crippen MR) is 123 cm³/mol. The lowest BCUT2D eigenvalue weighted by atomic mass is 9.73. The molecule has 4 rings (SSSR count). The Morgan fingerprint density at radius 1 is 1.07 bits per heavy atom. The molecular formula is C24H28Cl2N2O2. The highest BCUT2D eigenvalue weighted by Gasteiger charge is 2.43. The maximum Gasteiger partial charge on any atom is 0.411 e. The first-order chi connectivity index (χ1) is 14.5. The Kier molecular flexibility index (Phi) is 6.87. The molecule has 2 aromatic carbocycles. The van der Waals surface area contributed by atoms with Crippen molar-refractivity contribution in [3.05, 3.63) is 64.1 Å². The van der Waals surface area contributed by atoms with E-state index in [1.54, 1.807) is 18.2 Å². The van der Waals surface area contributed by atoms with Gasteiger partial charge >= 0.3 is 6.09 Å². The lowest BCUT2D eigenvalue weighted by Gasteiger charge is -2.44. The SMILES string of the molecule is O=C(Nc1cc(Cl)cc(Cl)c1)OCCN1CCCC12CCC(c1ccccc1)CC2. The molecule has 1 saturated carbocycles. The average Bonchev–Trinajstić information content (AvgIpc) is 3.10. The van der Waals surface area contributed by atoms with E-state index in [4.69, 9.17) is 27.9 Å². The van der Waals surface area contributed by atoms with Gasteiger partial charge in [0.15, 0.2) is 0 Å². The summed E-state index contributed by atoms with van der Waals surface area (Å²) in [5.41, 5.74) is 2.29. The van der Waals surface area contributed by atoms with E-state index >= 15 is 0 Å². The Balaban J connectivity index is 1.26. The van der Waals surface area contributed by atoms with Gasteiger partial charge in [0.25, 0.3) is 0 Å². The summed E-state index contributed by atoms with van der Waals surface area (Å²) < 4.78 is 5.43. The molecule has 0 atom stereocenters. The number of nitrogens with one attached hydrogen (secondary N) is 1. The first kappa shape index (κ1) is 21.5. The summed E-state index contributed by atoms with van der Waals surface area (Å²) in [6.45, 7) is 2.24. The number of ether oxygens (including phenoxy) is 1. The molecule has 1 saturated heterocycles. The van der Waals surface area contributed by atoms with Gasteiger partial charge in [-0.1, -0.05) is 53.5 Å². The van der Waals surface area contributed by atoms with Crippen molar-refractivity contribution in [3.8, 4) is 0 Å². The number of halogens is 2. The van der Waals surface area contributed by atoms with Gasteiger partial charge in [-0.15, -0.1) is 0 Å². The van der Waals surface area contributed by atoms with Gasteiger partial charge in [0.2, 0.25) is 0 Å². The minimum absolute atomic E-state index is 0.283. The van der Waals surface area contributed by atoms with Gasteiger partial charge in [0.1, 0.15) is 6.61 Å². The minimum Gasteiger partial charge on any atom is -0.448 e. The second-order valence-corrected chi connectivity index (χ2v) is 9.29. The van der Waals surface area contributed by atoms with Crippen molar-refractivity contribution >= 4 is 35.0 Å². The molecule has 30 heavy (non-hydrogen) atoms. The van der Waals surface area contributed by atoms with E-state index in [0.29, 0.717) is 28.3 Å². The Morgan fingerprint density at radius 3 is 2.47 bits per heavy atom. The fourth-order valence-electron chi connectivity index (χ4n) is 5.15. The fourth-order valence-corrected chi connectivity index (χ4v) is 5.68. The van der Waals surface area contributed by atoms with E-state index in [0.717, 1.165) is 13.1 Å². The summed E-state index contributed by atoms with van der Waals surface area (Å²) in [5.74, 6) is 0.672. The summed E-state index contributed by atoms with van der Waals surface area (Å²) in [6.07, 6.45) is 6.91. The third kappa shape index (κ3) is 5.11. The quantitative estimate of drug-likeness (QED) is 0.552. The fraction of sp³-hybridized carbons (Fsp3) is 0.458. The normalized spacial score (nSPS) is 24.1. The smallest absolute Gasteiger partial charge is 0.411 e. The van der Waals surface area contributed by atoms with Crippen molar-refractivity contribution in [2.45, 2.75) is 50.0 Å². The van der Waals surface area contributed by atoms with Crippen LogP contribution in [0.3, 0.4) is 0 Å². The molecule has 0 aromatic heterocycles. The topological polar surface area (TPSA) is 41.6 Å². The lowest BCUT2D eigenvalue weighted by Crippen LogP contribution is -2.47. The van der Waals surface area contributed by atoms with Crippen molar-refractivity contribution in [2.24, 2.45) is 0 Å². The van der Waals surface area contributed by atoms with E-state index in [9.17, 15) is 4.79 Å². The number of hydrogen-bond donors (Lipinski definition) is 1. The van der Waals surface area contributed by atoms with E-state index in [1.807, 2.05) is 0 Å². The highest BCUT2D eigenvalue weighted by Crippen LogP contribution is 2.46. The first-order valence-electron chi connectivity index (χ1n) is 10.7. The zero-order chi connectivity index (χ0) is 21.0. The Labute approximate surface area is 188 Å². The highest BCUT2D eigenvalue weighted by molar-refractivity contribution is 6.35. The second-order valence-electron chi connectivity index (χ2n) is 8.42. The van der Waals surface area contributed by atoms with Gasteiger partial charge in [-0.3, -0.25) is 10.2 Å². The van der Waals surface area contributed by atoms with Crippen molar-refractivity contribution < 1.29 is 9.53 Å². The molecule has 1 amide bonds. The van der Waals surface area contributed by atoms with Crippen LogP contribution in [0.1, 0.15) is 50.0 Å². The van der Waals surface area contributed by atoms with Crippen molar-refractivity contribution in [3.63, 3.8) is 0 Å². The van der Waals surface area contributed by atoms with Gasteiger partial charge < -0.3 is 4.74 Å². The first-order valence-corrected chi connectivity index (χ1v) is 11.5. The van der Waals surface area contributed by atoms with E-state index in [2.05, 4.69) is 40.5 Å². The molecule has 6 heteroatoms. The average molecular weight is 447 g/mol. The maximum absolute atomic E-state index is 12.1. The van der Waals surface area contributed by atoms with Crippen molar-refractivity contribution in [1.82, 2.24) is 4.90 Å². The summed E-state index contributed by atoms with van der Waals surface area (Å²) in [6, 6.07) is 15.8. The number of carbonyl (C=O) groups excluding carboxylic acids is 1.